The van der Waals surface area contributed by atoms with Gasteiger partial charge in [-0.2, -0.15) is 0 Å². The van der Waals surface area contributed by atoms with E-state index in [4.69, 9.17) is 5.11 Å². The molecule has 0 atom stereocenters. The van der Waals surface area contributed by atoms with Crippen molar-refractivity contribution in [1.29, 1.82) is 0 Å². The Morgan fingerprint density at radius 2 is 2.17 bits per heavy atom. The fourth-order valence-corrected chi connectivity index (χ4v) is 2.24. The third-order valence-corrected chi connectivity index (χ3v) is 3.67. The van der Waals surface area contributed by atoms with Crippen LogP contribution in [0.3, 0.4) is 0 Å². The third kappa shape index (κ3) is 1.69. The molecule has 0 unspecified atom stereocenters. The van der Waals surface area contributed by atoms with Gasteiger partial charge in [-0.1, -0.05) is 0 Å². The van der Waals surface area contributed by atoms with Crippen LogP contribution in [0.2, 0.25) is 0 Å². The van der Waals surface area contributed by atoms with Crippen molar-refractivity contribution < 1.29 is 9.90 Å². The van der Waals surface area contributed by atoms with E-state index in [9.17, 15) is 4.79 Å². The van der Waals surface area contributed by atoms with Crippen molar-refractivity contribution >= 4 is 33.2 Å². The quantitative estimate of drug-likeness (QED) is 0.874. The van der Waals surface area contributed by atoms with Crippen molar-refractivity contribution in [2.24, 2.45) is 0 Å². The minimum atomic E-state index is -0.795. The number of hydrogen-bond donors (Lipinski definition) is 1. The molecule has 0 aliphatic heterocycles. The van der Waals surface area contributed by atoms with Crippen LogP contribution in [0.1, 0.15) is 18.7 Å². The van der Waals surface area contributed by atoms with Crippen molar-refractivity contribution in [3.8, 4) is 0 Å². The minimum absolute atomic E-state index is 0.781. The van der Waals surface area contributed by atoms with Crippen molar-refractivity contribution in [1.82, 2.24) is 0 Å². The lowest BCUT2D eigenvalue weighted by molar-refractivity contribution is -0.142. The Morgan fingerprint density at radius 1 is 1.58 bits per heavy atom. The summed E-state index contributed by atoms with van der Waals surface area (Å²) in [5.74, 6) is -0.795. The summed E-state index contributed by atoms with van der Waals surface area (Å²) in [6, 6.07) is 3.70. The van der Waals surface area contributed by atoms with Gasteiger partial charge in [0.1, 0.15) is 0 Å². The number of aliphatic carboxylic acids is 1. The van der Waals surface area contributed by atoms with Gasteiger partial charge in [0.05, 0.1) is 9.20 Å². The number of carboxylic acids is 1. The zero-order chi connectivity index (χ0) is 9.35. The first-order valence-corrected chi connectivity index (χ1v) is 5.05. The number of halogens is 1. The smallest absolute Gasteiger partial charge is 0.314 e. The van der Waals surface area contributed by atoms with Crippen LogP contribution in [0, 0.1) is 0 Å². The molecule has 0 spiro atoms. The molecule has 0 fully saturated rings. The first kappa shape index (κ1) is 9.74. The highest BCUT2D eigenvalue weighted by atomic mass is 79.9. The van der Waals surface area contributed by atoms with Gasteiger partial charge < -0.3 is 5.11 Å². The number of hydrogen-bond acceptors (Lipinski definition) is 2. The highest BCUT2D eigenvalue weighted by Crippen LogP contribution is 2.32. The highest BCUT2D eigenvalue weighted by molar-refractivity contribution is 9.11. The second kappa shape index (κ2) is 3.18. The molecular weight excluding hydrogens is 240 g/mol. The molecule has 1 heterocycles. The van der Waals surface area contributed by atoms with Crippen LogP contribution in [0.15, 0.2) is 15.9 Å². The first-order valence-electron chi connectivity index (χ1n) is 3.44. The fourth-order valence-electron chi connectivity index (χ4n) is 0.756. The molecule has 0 aliphatic rings. The molecule has 0 bridgehead atoms. The largest absolute Gasteiger partial charge is 0.481 e. The van der Waals surface area contributed by atoms with E-state index in [1.807, 2.05) is 12.1 Å². The Hall–Kier alpha value is -0.350. The van der Waals surface area contributed by atoms with Crippen LogP contribution in [-0.4, -0.2) is 11.1 Å². The van der Waals surface area contributed by atoms with E-state index in [1.165, 1.54) is 11.3 Å². The summed E-state index contributed by atoms with van der Waals surface area (Å²) in [7, 11) is 0. The standard InChI is InChI=1S/C8H9BrO2S/c1-8(2,7(10)11)5-3-4-6(9)12-5/h3-4H,1-2H3,(H,10,11). The van der Waals surface area contributed by atoms with Gasteiger partial charge >= 0.3 is 5.97 Å². The molecule has 0 aliphatic carbocycles. The van der Waals surface area contributed by atoms with E-state index in [0.29, 0.717) is 0 Å². The molecule has 1 N–H and O–H groups in total. The lowest BCUT2D eigenvalue weighted by Gasteiger charge is -2.16. The van der Waals surface area contributed by atoms with Gasteiger partial charge in [-0.3, -0.25) is 4.79 Å². The number of carboxylic acid groups (broad SMARTS) is 1. The maximum Gasteiger partial charge on any atom is 0.314 e. The molecule has 2 nitrogen and oxygen atoms in total. The molecule has 0 amide bonds. The predicted octanol–water partition coefficient (Wildman–Crippen LogP) is 2.87. The maximum absolute atomic E-state index is 10.8. The predicted molar refractivity (Wildman–Crippen MR) is 52.7 cm³/mol. The zero-order valence-electron chi connectivity index (χ0n) is 6.80. The van der Waals surface area contributed by atoms with E-state index >= 15 is 0 Å². The first-order chi connectivity index (χ1) is 5.44. The van der Waals surface area contributed by atoms with E-state index < -0.39 is 11.4 Å². The topological polar surface area (TPSA) is 37.3 Å². The van der Waals surface area contributed by atoms with Crippen LogP contribution >= 0.6 is 27.3 Å². The average molecular weight is 249 g/mol. The number of carbonyl (C=O) groups is 1. The molecule has 0 aromatic carbocycles. The number of thiophene rings is 1. The van der Waals surface area contributed by atoms with Crippen molar-refractivity contribution in [3.05, 3.63) is 20.8 Å². The monoisotopic (exact) mass is 248 g/mol. The second-order valence-corrected chi connectivity index (χ2v) is 5.50. The minimum Gasteiger partial charge on any atom is -0.481 e. The summed E-state index contributed by atoms with van der Waals surface area (Å²) in [5.41, 5.74) is -0.781. The second-order valence-electron chi connectivity index (χ2n) is 3.03. The molecule has 0 saturated carbocycles. The SMILES string of the molecule is CC(C)(C(=O)O)c1ccc(Br)s1. The summed E-state index contributed by atoms with van der Waals surface area (Å²) in [6.45, 7) is 3.40. The molecule has 0 radical (unpaired) electrons. The summed E-state index contributed by atoms with van der Waals surface area (Å²) in [5, 5.41) is 8.90. The van der Waals surface area contributed by atoms with Crippen LogP contribution in [-0.2, 0) is 10.2 Å². The molecular formula is C8H9BrO2S. The molecule has 66 valence electrons. The lowest BCUT2D eigenvalue weighted by Crippen LogP contribution is -2.27. The molecule has 1 aromatic rings. The van der Waals surface area contributed by atoms with Crippen LogP contribution < -0.4 is 0 Å². The normalized spacial score (nSPS) is 11.6. The van der Waals surface area contributed by atoms with Gasteiger partial charge in [0.15, 0.2) is 0 Å². The van der Waals surface area contributed by atoms with Crippen LogP contribution in [0.4, 0.5) is 0 Å². The maximum atomic E-state index is 10.8. The van der Waals surface area contributed by atoms with Crippen LogP contribution in [0.25, 0.3) is 0 Å². The zero-order valence-corrected chi connectivity index (χ0v) is 9.20. The Balaban J connectivity index is 3.05. The van der Waals surface area contributed by atoms with Gasteiger partial charge in [-0.05, 0) is 41.9 Å². The van der Waals surface area contributed by atoms with Gasteiger partial charge in [0.2, 0.25) is 0 Å². The highest BCUT2D eigenvalue weighted by Gasteiger charge is 2.30. The molecule has 0 saturated heterocycles. The lowest BCUT2D eigenvalue weighted by atomic mass is 9.92. The summed E-state index contributed by atoms with van der Waals surface area (Å²) in [4.78, 5) is 11.7. The van der Waals surface area contributed by atoms with Gasteiger partial charge in [-0.25, -0.2) is 0 Å². The van der Waals surface area contributed by atoms with E-state index in [1.54, 1.807) is 13.8 Å². The van der Waals surface area contributed by atoms with Gasteiger partial charge in [-0.15, -0.1) is 11.3 Å². The Labute approximate surface area is 83.4 Å². The van der Waals surface area contributed by atoms with Gasteiger partial charge in [0.25, 0.3) is 0 Å². The average Bonchev–Trinajstić information content (AvgIpc) is 2.35. The number of rotatable bonds is 2. The van der Waals surface area contributed by atoms with E-state index in [2.05, 4.69) is 15.9 Å². The van der Waals surface area contributed by atoms with E-state index in [-0.39, 0.29) is 0 Å². The fraction of sp³-hybridized carbons (Fsp3) is 0.375. The van der Waals surface area contributed by atoms with Crippen molar-refractivity contribution in [3.63, 3.8) is 0 Å². The van der Waals surface area contributed by atoms with Crippen molar-refractivity contribution in [2.75, 3.05) is 0 Å². The summed E-state index contributed by atoms with van der Waals surface area (Å²) >= 11 is 4.76. The van der Waals surface area contributed by atoms with Crippen LogP contribution in [0.5, 0.6) is 0 Å². The van der Waals surface area contributed by atoms with Gasteiger partial charge in [0, 0.05) is 4.88 Å². The molecule has 4 heteroatoms. The molecule has 1 rings (SSSR count). The third-order valence-electron chi connectivity index (χ3n) is 1.72. The molecule has 1 aromatic heterocycles. The summed E-state index contributed by atoms with van der Waals surface area (Å²) in [6.07, 6.45) is 0. The van der Waals surface area contributed by atoms with E-state index in [0.717, 1.165) is 8.66 Å². The Kier molecular flexibility index (Phi) is 2.58. The Bertz CT molecular complexity index is 304. The summed E-state index contributed by atoms with van der Waals surface area (Å²) < 4.78 is 0.965. The molecule has 12 heavy (non-hydrogen) atoms. The van der Waals surface area contributed by atoms with Crippen molar-refractivity contribution in [2.45, 2.75) is 19.3 Å². The Morgan fingerprint density at radius 3 is 2.50 bits per heavy atom.